The van der Waals surface area contributed by atoms with E-state index in [1.165, 1.54) is 19.3 Å². The minimum atomic E-state index is 0.276. The molecule has 3 heterocycles. The van der Waals surface area contributed by atoms with Crippen LogP contribution in [0.15, 0.2) is 17.2 Å². The molecule has 1 fully saturated rings. The van der Waals surface area contributed by atoms with E-state index in [9.17, 15) is 0 Å². The summed E-state index contributed by atoms with van der Waals surface area (Å²) in [6.45, 7) is 6.81. The molecule has 114 valence electrons. The van der Waals surface area contributed by atoms with Gasteiger partial charge in [0.2, 0.25) is 5.89 Å². The number of piperidine rings is 1. The Balaban J connectivity index is 1.65. The standard InChI is InChI=1S/C14H22N6O/c1-11(2)14-17-13(18-21-14)8-19-6-4-3-5-12(19)7-20-10-15-9-16-20/h9-12H,3-8H2,1-2H3. The van der Waals surface area contributed by atoms with Crippen LogP contribution in [0.4, 0.5) is 0 Å². The molecule has 0 spiro atoms. The van der Waals surface area contributed by atoms with Gasteiger partial charge in [0.25, 0.3) is 0 Å². The molecule has 2 aromatic rings. The molecule has 21 heavy (non-hydrogen) atoms. The Hall–Kier alpha value is -1.76. The van der Waals surface area contributed by atoms with Gasteiger partial charge in [-0.25, -0.2) is 4.98 Å². The predicted octanol–water partition coefficient (Wildman–Crippen LogP) is 1.84. The summed E-state index contributed by atoms with van der Waals surface area (Å²) in [6.07, 6.45) is 7.02. The zero-order valence-corrected chi connectivity index (χ0v) is 12.6. The Morgan fingerprint density at radius 3 is 3.00 bits per heavy atom. The largest absolute Gasteiger partial charge is 0.339 e. The molecule has 7 nitrogen and oxygen atoms in total. The Bertz CT molecular complexity index is 550. The smallest absolute Gasteiger partial charge is 0.229 e. The first-order valence-corrected chi connectivity index (χ1v) is 7.61. The van der Waals surface area contributed by atoms with Crippen LogP contribution >= 0.6 is 0 Å². The second-order valence-corrected chi connectivity index (χ2v) is 5.94. The van der Waals surface area contributed by atoms with Crippen LogP contribution in [-0.2, 0) is 13.1 Å². The number of likely N-dealkylation sites (tertiary alicyclic amines) is 1. The summed E-state index contributed by atoms with van der Waals surface area (Å²) in [5.74, 6) is 1.78. The first-order chi connectivity index (χ1) is 10.2. The minimum Gasteiger partial charge on any atom is -0.339 e. The van der Waals surface area contributed by atoms with Crippen molar-refractivity contribution in [3.8, 4) is 0 Å². The molecule has 0 aliphatic carbocycles. The highest BCUT2D eigenvalue weighted by Crippen LogP contribution is 2.20. The molecule has 1 saturated heterocycles. The van der Waals surface area contributed by atoms with Crippen molar-refractivity contribution in [2.24, 2.45) is 0 Å². The van der Waals surface area contributed by atoms with Gasteiger partial charge in [-0.05, 0) is 19.4 Å². The Kier molecular flexibility index (Phi) is 4.28. The lowest BCUT2D eigenvalue weighted by Gasteiger charge is -2.34. The summed E-state index contributed by atoms with van der Waals surface area (Å²) in [6, 6.07) is 0.460. The molecule has 2 aromatic heterocycles. The number of nitrogens with zero attached hydrogens (tertiary/aromatic N) is 6. The number of rotatable bonds is 5. The minimum absolute atomic E-state index is 0.276. The van der Waals surface area contributed by atoms with Crippen molar-refractivity contribution in [2.75, 3.05) is 6.54 Å². The molecule has 1 aliphatic heterocycles. The van der Waals surface area contributed by atoms with Crippen LogP contribution in [0.1, 0.15) is 50.7 Å². The van der Waals surface area contributed by atoms with Gasteiger partial charge in [-0.1, -0.05) is 25.4 Å². The maximum absolute atomic E-state index is 5.29. The number of hydrogen-bond donors (Lipinski definition) is 0. The highest BCUT2D eigenvalue weighted by Gasteiger charge is 2.24. The van der Waals surface area contributed by atoms with E-state index in [4.69, 9.17) is 4.52 Å². The van der Waals surface area contributed by atoms with Crippen LogP contribution in [0.2, 0.25) is 0 Å². The van der Waals surface area contributed by atoms with Crippen LogP contribution in [0.3, 0.4) is 0 Å². The second kappa shape index (κ2) is 6.34. The predicted molar refractivity (Wildman–Crippen MR) is 76.5 cm³/mol. The van der Waals surface area contributed by atoms with E-state index in [-0.39, 0.29) is 5.92 Å². The van der Waals surface area contributed by atoms with Gasteiger partial charge >= 0.3 is 0 Å². The van der Waals surface area contributed by atoms with E-state index in [0.717, 1.165) is 31.3 Å². The molecular formula is C14H22N6O. The van der Waals surface area contributed by atoms with Gasteiger partial charge in [-0.2, -0.15) is 10.1 Å². The lowest BCUT2D eigenvalue weighted by Crippen LogP contribution is -2.41. The van der Waals surface area contributed by atoms with Gasteiger partial charge < -0.3 is 4.52 Å². The van der Waals surface area contributed by atoms with Crippen molar-refractivity contribution in [1.29, 1.82) is 0 Å². The fraction of sp³-hybridized carbons (Fsp3) is 0.714. The molecule has 1 aliphatic rings. The average Bonchev–Trinajstić information content (AvgIpc) is 3.12. The van der Waals surface area contributed by atoms with Crippen molar-refractivity contribution >= 4 is 0 Å². The summed E-state index contributed by atoms with van der Waals surface area (Å²) in [7, 11) is 0. The first kappa shape index (κ1) is 14.2. The molecule has 1 atom stereocenters. The SMILES string of the molecule is CC(C)c1nc(CN2CCCCC2Cn2cncn2)no1. The van der Waals surface area contributed by atoms with Crippen LogP contribution in [0, 0.1) is 0 Å². The molecule has 0 radical (unpaired) electrons. The second-order valence-electron chi connectivity index (χ2n) is 5.94. The molecule has 1 unspecified atom stereocenters. The lowest BCUT2D eigenvalue weighted by molar-refractivity contribution is 0.117. The van der Waals surface area contributed by atoms with E-state index in [1.54, 1.807) is 12.7 Å². The third kappa shape index (κ3) is 3.47. The van der Waals surface area contributed by atoms with E-state index in [2.05, 4.69) is 39.0 Å². The maximum atomic E-state index is 5.29. The molecule has 0 N–H and O–H groups in total. The average molecular weight is 290 g/mol. The molecular weight excluding hydrogens is 268 g/mol. The summed E-state index contributed by atoms with van der Waals surface area (Å²) >= 11 is 0. The van der Waals surface area contributed by atoms with E-state index in [1.807, 2.05) is 4.68 Å². The lowest BCUT2D eigenvalue weighted by atomic mass is 10.0. The molecule has 0 bridgehead atoms. The molecule has 0 saturated carbocycles. The van der Waals surface area contributed by atoms with Crippen LogP contribution in [0.25, 0.3) is 0 Å². The zero-order valence-electron chi connectivity index (χ0n) is 12.6. The summed E-state index contributed by atoms with van der Waals surface area (Å²) in [5.41, 5.74) is 0. The normalized spacial score (nSPS) is 20.2. The van der Waals surface area contributed by atoms with Crippen molar-refractivity contribution in [3.05, 3.63) is 24.4 Å². The quantitative estimate of drug-likeness (QED) is 0.836. The fourth-order valence-corrected chi connectivity index (χ4v) is 2.77. The number of aromatic nitrogens is 5. The van der Waals surface area contributed by atoms with Gasteiger partial charge in [0.15, 0.2) is 5.82 Å². The van der Waals surface area contributed by atoms with Crippen LogP contribution in [0.5, 0.6) is 0 Å². The van der Waals surface area contributed by atoms with Gasteiger partial charge in [0.05, 0.1) is 13.1 Å². The van der Waals surface area contributed by atoms with E-state index >= 15 is 0 Å². The molecule has 3 rings (SSSR count). The van der Waals surface area contributed by atoms with Crippen molar-refractivity contribution in [1.82, 2.24) is 29.8 Å². The van der Waals surface area contributed by atoms with Gasteiger partial charge in [-0.15, -0.1) is 0 Å². The van der Waals surface area contributed by atoms with E-state index in [0.29, 0.717) is 6.04 Å². The van der Waals surface area contributed by atoms with Gasteiger partial charge in [0.1, 0.15) is 12.7 Å². The van der Waals surface area contributed by atoms with Crippen molar-refractivity contribution in [2.45, 2.75) is 58.2 Å². The Morgan fingerprint density at radius 1 is 1.38 bits per heavy atom. The van der Waals surface area contributed by atoms with Gasteiger partial charge in [-0.3, -0.25) is 9.58 Å². The first-order valence-electron chi connectivity index (χ1n) is 7.61. The summed E-state index contributed by atoms with van der Waals surface area (Å²) in [5, 5.41) is 8.31. The summed E-state index contributed by atoms with van der Waals surface area (Å²) < 4.78 is 7.19. The monoisotopic (exact) mass is 290 g/mol. The number of hydrogen-bond acceptors (Lipinski definition) is 6. The van der Waals surface area contributed by atoms with Crippen molar-refractivity contribution in [3.63, 3.8) is 0 Å². The third-order valence-electron chi connectivity index (χ3n) is 3.94. The zero-order chi connectivity index (χ0) is 14.7. The van der Waals surface area contributed by atoms with Crippen LogP contribution in [-0.4, -0.2) is 42.4 Å². The third-order valence-corrected chi connectivity index (χ3v) is 3.94. The highest BCUT2D eigenvalue weighted by atomic mass is 16.5. The topological polar surface area (TPSA) is 72.9 Å². The Morgan fingerprint density at radius 2 is 2.29 bits per heavy atom. The Labute approximate surface area is 124 Å². The summed E-state index contributed by atoms with van der Waals surface area (Å²) in [4.78, 5) is 10.9. The van der Waals surface area contributed by atoms with Crippen LogP contribution < -0.4 is 0 Å². The molecule has 0 aromatic carbocycles. The van der Waals surface area contributed by atoms with E-state index < -0.39 is 0 Å². The molecule has 0 amide bonds. The van der Waals surface area contributed by atoms with Crippen molar-refractivity contribution < 1.29 is 4.52 Å². The maximum Gasteiger partial charge on any atom is 0.229 e. The fourth-order valence-electron chi connectivity index (χ4n) is 2.77. The molecule has 7 heteroatoms. The van der Waals surface area contributed by atoms with Gasteiger partial charge in [0, 0.05) is 12.0 Å². The highest BCUT2D eigenvalue weighted by molar-refractivity contribution is 4.92.